The molecule has 0 radical (unpaired) electrons. The zero-order valence-corrected chi connectivity index (χ0v) is 9.64. The maximum Gasteiger partial charge on any atom is 0.255 e. The molecule has 0 spiro atoms. The van der Waals surface area contributed by atoms with Gasteiger partial charge in [0, 0.05) is 0 Å². The van der Waals surface area contributed by atoms with E-state index < -0.39 is 22.7 Å². The SMILES string of the molecule is O=C(Cl)c1ccc(-c2ccc(F)c(F)c2)cc1F. The Morgan fingerprint density at radius 1 is 0.833 bits per heavy atom. The summed E-state index contributed by atoms with van der Waals surface area (Å²) < 4.78 is 39.3. The first-order valence-electron chi connectivity index (χ1n) is 4.94. The molecule has 5 heteroatoms. The quantitative estimate of drug-likeness (QED) is 0.749. The highest BCUT2D eigenvalue weighted by Gasteiger charge is 2.11. The minimum Gasteiger partial charge on any atom is -0.275 e. The van der Waals surface area contributed by atoms with E-state index in [1.807, 2.05) is 0 Å². The summed E-state index contributed by atoms with van der Waals surface area (Å²) in [6.45, 7) is 0. The molecule has 18 heavy (non-hydrogen) atoms. The van der Waals surface area contributed by atoms with Crippen molar-refractivity contribution in [2.24, 2.45) is 0 Å². The van der Waals surface area contributed by atoms with E-state index in [1.165, 1.54) is 18.2 Å². The highest BCUT2D eigenvalue weighted by atomic mass is 35.5. The van der Waals surface area contributed by atoms with Gasteiger partial charge in [0.2, 0.25) is 0 Å². The summed E-state index contributed by atoms with van der Waals surface area (Å²) >= 11 is 5.16. The maximum atomic E-state index is 13.5. The van der Waals surface area contributed by atoms with Crippen molar-refractivity contribution in [3.8, 4) is 11.1 Å². The van der Waals surface area contributed by atoms with Crippen LogP contribution in [0.3, 0.4) is 0 Å². The number of hydrogen-bond acceptors (Lipinski definition) is 1. The lowest BCUT2D eigenvalue weighted by molar-refractivity contribution is 0.107. The molecule has 0 aliphatic carbocycles. The van der Waals surface area contributed by atoms with Crippen LogP contribution in [0.25, 0.3) is 11.1 Å². The third-order valence-electron chi connectivity index (χ3n) is 2.43. The maximum absolute atomic E-state index is 13.5. The summed E-state index contributed by atoms with van der Waals surface area (Å²) in [5.41, 5.74) is 0.373. The second kappa shape index (κ2) is 4.82. The van der Waals surface area contributed by atoms with Crippen molar-refractivity contribution < 1.29 is 18.0 Å². The molecule has 0 aromatic heterocycles. The van der Waals surface area contributed by atoms with Gasteiger partial charge in [-0.05, 0) is 47.0 Å². The van der Waals surface area contributed by atoms with Crippen LogP contribution < -0.4 is 0 Å². The summed E-state index contributed by atoms with van der Waals surface area (Å²) in [6.07, 6.45) is 0. The van der Waals surface area contributed by atoms with Crippen molar-refractivity contribution in [3.05, 3.63) is 59.4 Å². The lowest BCUT2D eigenvalue weighted by Crippen LogP contribution is -1.95. The van der Waals surface area contributed by atoms with Crippen LogP contribution in [-0.4, -0.2) is 5.24 Å². The molecule has 0 N–H and O–H groups in total. The van der Waals surface area contributed by atoms with Crippen LogP contribution in [-0.2, 0) is 0 Å². The monoisotopic (exact) mass is 270 g/mol. The largest absolute Gasteiger partial charge is 0.275 e. The van der Waals surface area contributed by atoms with Gasteiger partial charge in [0.1, 0.15) is 5.82 Å². The van der Waals surface area contributed by atoms with Crippen LogP contribution in [0.15, 0.2) is 36.4 Å². The molecule has 2 aromatic rings. The van der Waals surface area contributed by atoms with Gasteiger partial charge < -0.3 is 0 Å². The lowest BCUT2D eigenvalue weighted by Gasteiger charge is -2.04. The van der Waals surface area contributed by atoms with Gasteiger partial charge in [0.15, 0.2) is 11.6 Å². The molecule has 2 aromatic carbocycles. The molecule has 0 saturated carbocycles. The highest BCUT2D eigenvalue weighted by Crippen LogP contribution is 2.24. The Morgan fingerprint density at radius 2 is 1.39 bits per heavy atom. The zero-order valence-electron chi connectivity index (χ0n) is 8.88. The third kappa shape index (κ3) is 2.38. The van der Waals surface area contributed by atoms with Gasteiger partial charge in [-0.15, -0.1) is 0 Å². The zero-order chi connectivity index (χ0) is 13.3. The van der Waals surface area contributed by atoms with Gasteiger partial charge in [-0.3, -0.25) is 4.79 Å². The Kier molecular flexibility index (Phi) is 3.39. The molecule has 0 saturated heterocycles. The standard InChI is InChI=1S/C13H6ClF3O/c14-13(18)9-3-1-7(5-11(9)16)8-2-4-10(15)12(17)6-8/h1-6H. The van der Waals surface area contributed by atoms with E-state index in [0.717, 1.165) is 18.2 Å². The summed E-state index contributed by atoms with van der Waals surface area (Å²) in [5, 5.41) is -0.913. The Morgan fingerprint density at radius 3 is 1.89 bits per heavy atom. The summed E-state index contributed by atoms with van der Waals surface area (Å²) in [6, 6.07) is 6.86. The molecule has 0 aliphatic heterocycles. The Hall–Kier alpha value is -1.81. The Labute approximate surface area is 106 Å². The number of halogens is 4. The summed E-state index contributed by atoms with van der Waals surface area (Å²) in [5.74, 6) is -2.81. The average Bonchev–Trinajstić information content (AvgIpc) is 2.32. The molecule has 2 rings (SSSR count). The normalized spacial score (nSPS) is 10.4. The average molecular weight is 271 g/mol. The fraction of sp³-hybridized carbons (Fsp3) is 0. The van der Waals surface area contributed by atoms with Gasteiger partial charge in [0.25, 0.3) is 5.24 Å². The number of rotatable bonds is 2. The van der Waals surface area contributed by atoms with Crippen LogP contribution in [0.2, 0.25) is 0 Å². The van der Waals surface area contributed by atoms with Crippen LogP contribution in [0.1, 0.15) is 10.4 Å². The van der Waals surface area contributed by atoms with E-state index >= 15 is 0 Å². The van der Waals surface area contributed by atoms with Gasteiger partial charge >= 0.3 is 0 Å². The smallest absolute Gasteiger partial charge is 0.255 e. The molecule has 0 amide bonds. The van der Waals surface area contributed by atoms with Gasteiger partial charge in [0.05, 0.1) is 5.56 Å². The molecule has 0 bridgehead atoms. The first-order chi connectivity index (χ1) is 8.49. The predicted octanol–water partition coefficient (Wildman–Crippen LogP) is 4.15. The van der Waals surface area contributed by atoms with Crippen molar-refractivity contribution in [2.45, 2.75) is 0 Å². The molecule has 92 valence electrons. The highest BCUT2D eigenvalue weighted by molar-refractivity contribution is 6.67. The summed E-state index contributed by atoms with van der Waals surface area (Å²) in [7, 11) is 0. The first-order valence-corrected chi connectivity index (χ1v) is 5.31. The molecule has 0 fully saturated rings. The van der Waals surface area contributed by atoms with Crippen molar-refractivity contribution in [2.75, 3.05) is 0 Å². The van der Waals surface area contributed by atoms with Crippen molar-refractivity contribution in [3.63, 3.8) is 0 Å². The molecule has 0 aliphatic rings. The number of hydrogen-bond donors (Lipinski definition) is 0. The lowest BCUT2D eigenvalue weighted by atomic mass is 10.0. The van der Waals surface area contributed by atoms with Crippen LogP contribution in [0.5, 0.6) is 0 Å². The van der Waals surface area contributed by atoms with E-state index in [2.05, 4.69) is 0 Å². The molecule has 0 atom stereocenters. The minimum absolute atomic E-state index is 0.261. The Balaban J connectivity index is 2.48. The van der Waals surface area contributed by atoms with E-state index in [0.29, 0.717) is 11.1 Å². The van der Waals surface area contributed by atoms with Gasteiger partial charge in [-0.2, -0.15) is 0 Å². The second-order valence-corrected chi connectivity index (χ2v) is 3.94. The second-order valence-electron chi connectivity index (χ2n) is 3.60. The van der Waals surface area contributed by atoms with Gasteiger partial charge in [-0.1, -0.05) is 12.1 Å². The Bertz CT molecular complexity index is 626. The molecular weight excluding hydrogens is 265 g/mol. The number of benzene rings is 2. The number of carbonyl (C=O) groups is 1. The van der Waals surface area contributed by atoms with Crippen molar-refractivity contribution in [1.82, 2.24) is 0 Å². The summed E-state index contributed by atoms with van der Waals surface area (Å²) in [4.78, 5) is 10.8. The van der Waals surface area contributed by atoms with E-state index in [-0.39, 0.29) is 5.56 Å². The van der Waals surface area contributed by atoms with Crippen LogP contribution in [0.4, 0.5) is 13.2 Å². The van der Waals surface area contributed by atoms with E-state index in [4.69, 9.17) is 11.6 Å². The van der Waals surface area contributed by atoms with Gasteiger partial charge in [-0.25, -0.2) is 13.2 Å². The van der Waals surface area contributed by atoms with Crippen molar-refractivity contribution >= 4 is 16.8 Å². The van der Waals surface area contributed by atoms with Crippen molar-refractivity contribution in [1.29, 1.82) is 0 Å². The van der Waals surface area contributed by atoms with Crippen LogP contribution >= 0.6 is 11.6 Å². The first kappa shape index (κ1) is 12.6. The van der Waals surface area contributed by atoms with E-state index in [9.17, 15) is 18.0 Å². The number of carbonyl (C=O) groups excluding carboxylic acids is 1. The third-order valence-corrected chi connectivity index (χ3v) is 2.64. The molecule has 0 unspecified atom stereocenters. The van der Waals surface area contributed by atoms with E-state index in [1.54, 1.807) is 0 Å². The topological polar surface area (TPSA) is 17.1 Å². The fourth-order valence-corrected chi connectivity index (χ4v) is 1.68. The fourth-order valence-electron chi connectivity index (χ4n) is 1.53. The molecule has 0 heterocycles. The predicted molar refractivity (Wildman–Crippen MR) is 61.9 cm³/mol. The van der Waals surface area contributed by atoms with Crippen LogP contribution in [0, 0.1) is 17.5 Å². The molecule has 1 nitrogen and oxygen atoms in total. The molecular formula is C13H6ClF3O. The minimum atomic E-state index is -1.02.